The van der Waals surface area contributed by atoms with Gasteiger partial charge in [-0.25, -0.2) is 9.78 Å². The number of benzene rings is 1. The van der Waals surface area contributed by atoms with Gasteiger partial charge in [-0.05, 0) is 30.2 Å². The van der Waals surface area contributed by atoms with Crippen molar-refractivity contribution in [3.8, 4) is 0 Å². The molecule has 1 aromatic carbocycles. The van der Waals surface area contributed by atoms with Gasteiger partial charge in [0.2, 0.25) is 0 Å². The molecule has 0 fully saturated rings. The van der Waals surface area contributed by atoms with Gasteiger partial charge < -0.3 is 4.74 Å². The molecule has 24 heavy (non-hydrogen) atoms. The molecule has 0 radical (unpaired) electrons. The van der Waals surface area contributed by atoms with Crippen LogP contribution in [-0.4, -0.2) is 22.6 Å². The first kappa shape index (κ1) is 17.0. The number of aryl methyl sites for hydroxylation is 1. The van der Waals surface area contributed by atoms with Gasteiger partial charge >= 0.3 is 5.97 Å². The summed E-state index contributed by atoms with van der Waals surface area (Å²) in [5, 5.41) is 1.43. The zero-order valence-corrected chi connectivity index (χ0v) is 15.1. The Kier molecular flexibility index (Phi) is 4.62. The number of hydrogen-bond acceptors (Lipinski definition) is 5. The SMILES string of the molecule is COC(=O)c1sc2ncn(Cc3ccc(Cl)cc3Cl)c(=O)c2c1C. The van der Waals surface area contributed by atoms with E-state index in [2.05, 4.69) is 4.98 Å². The molecule has 124 valence electrons. The average molecular weight is 383 g/mol. The van der Waals surface area contributed by atoms with Crippen LogP contribution in [0.25, 0.3) is 10.2 Å². The Bertz CT molecular complexity index is 1010. The first-order valence-corrected chi connectivity index (χ1v) is 8.50. The number of thiophene rings is 1. The van der Waals surface area contributed by atoms with E-state index in [-0.39, 0.29) is 12.1 Å². The maximum absolute atomic E-state index is 12.8. The van der Waals surface area contributed by atoms with Crippen molar-refractivity contribution in [3.05, 3.63) is 60.9 Å². The third-order valence-corrected chi connectivity index (χ3v) is 5.41. The Morgan fingerprint density at radius 2 is 2.12 bits per heavy atom. The van der Waals surface area contributed by atoms with Gasteiger partial charge in [0.25, 0.3) is 5.56 Å². The van der Waals surface area contributed by atoms with Crippen molar-refractivity contribution in [1.82, 2.24) is 9.55 Å². The van der Waals surface area contributed by atoms with Gasteiger partial charge in [-0.15, -0.1) is 11.3 Å². The van der Waals surface area contributed by atoms with Gasteiger partial charge in [0.05, 0.1) is 25.4 Å². The molecule has 2 heterocycles. The van der Waals surface area contributed by atoms with Crippen molar-refractivity contribution >= 4 is 50.7 Å². The molecule has 0 N–H and O–H groups in total. The molecule has 0 atom stereocenters. The minimum absolute atomic E-state index is 0.227. The predicted molar refractivity (Wildman–Crippen MR) is 95.5 cm³/mol. The molecule has 0 aliphatic heterocycles. The highest BCUT2D eigenvalue weighted by Gasteiger charge is 2.20. The molecule has 8 heteroatoms. The molecular formula is C16H12Cl2N2O3S. The van der Waals surface area contributed by atoms with E-state index in [1.54, 1.807) is 25.1 Å². The summed E-state index contributed by atoms with van der Waals surface area (Å²) in [7, 11) is 1.31. The molecule has 0 amide bonds. The highest BCUT2D eigenvalue weighted by molar-refractivity contribution is 7.20. The third kappa shape index (κ3) is 2.92. The van der Waals surface area contributed by atoms with Crippen LogP contribution in [0, 0.1) is 6.92 Å². The van der Waals surface area contributed by atoms with Gasteiger partial charge in [0, 0.05) is 10.0 Å². The van der Waals surface area contributed by atoms with Crippen molar-refractivity contribution in [2.24, 2.45) is 0 Å². The molecule has 0 aliphatic carbocycles. The summed E-state index contributed by atoms with van der Waals surface area (Å²) >= 11 is 13.2. The molecule has 3 rings (SSSR count). The van der Waals surface area contributed by atoms with Crippen molar-refractivity contribution in [2.75, 3.05) is 7.11 Å². The van der Waals surface area contributed by atoms with Gasteiger partial charge in [-0.1, -0.05) is 29.3 Å². The van der Waals surface area contributed by atoms with Gasteiger partial charge in [-0.3, -0.25) is 9.36 Å². The van der Waals surface area contributed by atoms with Crippen molar-refractivity contribution in [1.29, 1.82) is 0 Å². The van der Waals surface area contributed by atoms with Gasteiger partial charge in [0.15, 0.2) is 0 Å². The summed E-state index contributed by atoms with van der Waals surface area (Å²) in [5.74, 6) is -0.470. The quantitative estimate of drug-likeness (QED) is 0.644. The molecule has 0 aliphatic rings. The van der Waals surface area contributed by atoms with Crippen LogP contribution < -0.4 is 5.56 Å². The van der Waals surface area contributed by atoms with Crippen LogP contribution in [0.15, 0.2) is 29.3 Å². The molecular weight excluding hydrogens is 371 g/mol. The summed E-state index contributed by atoms with van der Waals surface area (Å²) in [5.41, 5.74) is 1.11. The van der Waals surface area contributed by atoms with Gasteiger partial charge in [0.1, 0.15) is 9.71 Å². The molecule has 0 unspecified atom stereocenters. The Labute approximate surface area is 151 Å². The zero-order valence-electron chi connectivity index (χ0n) is 12.8. The molecule has 0 bridgehead atoms. The Morgan fingerprint density at radius 3 is 2.79 bits per heavy atom. The molecule has 5 nitrogen and oxygen atoms in total. The lowest BCUT2D eigenvalue weighted by Crippen LogP contribution is -2.21. The zero-order chi connectivity index (χ0) is 17.4. The second-order valence-electron chi connectivity index (χ2n) is 5.14. The molecule has 0 spiro atoms. The van der Waals surface area contributed by atoms with Gasteiger partial charge in [-0.2, -0.15) is 0 Å². The number of carbonyl (C=O) groups excluding carboxylic acids is 1. The topological polar surface area (TPSA) is 61.2 Å². The van der Waals surface area contributed by atoms with E-state index in [0.717, 1.165) is 16.9 Å². The van der Waals surface area contributed by atoms with E-state index in [0.29, 0.717) is 30.7 Å². The lowest BCUT2D eigenvalue weighted by atomic mass is 10.2. The van der Waals surface area contributed by atoms with Crippen LogP contribution in [0.1, 0.15) is 20.8 Å². The summed E-state index contributed by atoms with van der Waals surface area (Å²) in [4.78, 5) is 29.7. The number of carbonyl (C=O) groups is 1. The lowest BCUT2D eigenvalue weighted by molar-refractivity contribution is 0.0605. The van der Waals surface area contributed by atoms with E-state index >= 15 is 0 Å². The average Bonchev–Trinajstić information content (AvgIpc) is 2.89. The Balaban J connectivity index is 2.10. The number of nitrogens with zero attached hydrogens (tertiary/aromatic N) is 2. The molecule has 0 saturated carbocycles. The number of rotatable bonds is 3. The van der Waals surface area contributed by atoms with Crippen molar-refractivity contribution in [2.45, 2.75) is 13.5 Å². The first-order chi connectivity index (χ1) is 11.4. The monoisotopic (exact) mass is 382 g/mol. The third-order valence-electron chi connectivity index (χ3n) is 3.64. The summed E-state index contributed by atoms with van der Waals surface area (Å²) in [6.07, 6.45) is 1.45. The van der Waals surface area contributed by atoms with E-state index < -0.39 is 5.97 Å². The number of esters is 1. The molecule has 2 aromatic heterocycles. The first-order valence-electron chi connectivity index (χ1n) is 6.93. The molecule has 3 aromatic rings. The van der Waals surface area contributed by atoms with E-state index in [1.165, 1.54) is 18.0 Å². The number of halogens is 2. The largest absolute Gasteiger partial charge is 0.465 e. The van der Waals surface area contributed by atoms with Crippen molar-refractivity contribution in [3.63, 3.8) is 0 Å². The van der Waals surface area contributed by atoms with Crippen LogP contribution in [0.4, 0.5) is 0 Å². The lowest BCUT2D eigenvalue weighted by Gasteiger charge is -2.08. The normalized spacial score (nSPS) is 11.0. The number of methoxy groups -OCH3 is 1. The smallest absolute Gasteiger partial charge is 0.348 e. The van der Waals surface area contributed by atoms with Crippen molar-refractivity contribution < 1.29 is 9.53 Å². The fourth-order valence-electron chi connectivity index (χ4n) is 2.39. The number of hydrogen-bond donors (Lipinski definition) is 0. The Morgan fingerprint density at radius 1 is 1.38 bits per heavy atom. The van der Waals surface area contributed by atoms with E-state index in [9.17, 15) is 9.59 Å². The second-order valence-corrected chi connectivity index (χ2v) is 6.98. The highest BCUT2D eigenvalue weighted by atomic mass is 35.5. The second kappa shape index (κ2) is 6.55. The van der Waals surface area contributed by atoms with Crippen LogP contribution in [-0.2, 0) is 11.3 Å². The minimum Gasteiger partial charge on any atom is -0.465 e. The highest BCUT2D eigenvalue weighted by Crippen LogP contribution is 2.27. The predicted octanol–water partition coefficient (Wildman–Crippen LogP) is 3.91. The number of fused-ring (bicyclic) bond motifs is 1. The molecule has 0 saturated heterocycles. The maximum Gasteiger partial charge on any atom is 0.348 e. The fraction of sp³-hybridized carbons (Fsp3) is 0.188. The fourth-order valence-corrected chi connectivity index (χ4v) is 3.92. The number of aromatic nitrogens is 2. The maximum atomic E-state index is 12.8. The van der Waals surface area contributed by atoms with Crippen LogP contribution in [0.5, 0.6) is 0 Å². The summed E-state index contributed by atoms with van der Waals surface area (Å²) in [6.45, 7) is 1.98. The minimum atomic E-state index is -0.470. The van der Waals surface area contributed by atoms with E-state index in [1.807, 2.05) is 0 Å². The van der Waals surface area contributed by atoms with Crippen LogP contribution in [0.2, 0.25) is 10.0 Å². The van der Waals surface area contributed by atoms with Crippen LogP contribution in [0.3, 0.4) is 0 Å². The number of ether oxygens (including phenoxy) is 1. The van der Waals surface area contributed by atoms with E-state index in [4.69, 9.17) is 27.9 Å². The van der Waals surface area contributed by atoms with Crippen LogP contribution >= 0.6 is 34.5 Å². The summed E-state index contributed by atoms with van der Waals surface area (Å²) in [6, 6.07) is 5.10. The Hall–Kier alpha value is -1.89. The summed E-state index contributed by atoms with van der Waals surface area (Å²) < 4.78 is 6.20. The standard InChI is InChI=1S/C16H12Cl2N2O3S/c1-8-12-14(24-13(8)16(22)23-2)19-7-20(15(12)21)6-9-3-4-10(17)5-11(9)18/h3-5,7H,6H2,1-2H3.